The van der Waals surface area contributed by atoms with Crippen LogP contribution in [0.2, 0.25) is 5.02 Å². The highest BCUT2D eigenvalue weighted by Gasteiger charge is 2.51. The minimum absolute atomic E-state index is 0.0158. The molecule has 0 spiro atoms. The molecule has 4 fully saturated rings. The number of carbonyl (C=O) groups is 2. The molecule has 3 N–H and O–H groups in total. The highest BCUT2D eigenvalue weighted by molar-refractivity contribution is 6.33. The molecule has 0 radical (unpaired) electrons. The number of aromatic nitrogens is 5. The van der Waals surface area contributed by atoms with Crippen molar-refractivity contribution >= 4 is 68.4 Å². The monoisotopic (exact) mass is 908 g/mol. The van der Waals surface area contributed by atoms with Gasteiger partial charge in [-0.25, -0.2) is 26.9 Å². The van der Waals surface area contributed by atoms with Crippen LogP contribution >= 0.6 is 11.6 Å². The van der Waals surface area contributed by atoms with Gasteiger partial charge < -0.3 is 29.7 Å². The second-order valence-corrected chi connectivity index (χ2v) is 18.3. The third-order valence-corrected chi connectivity index (χ3v) is 14.0. The molecule has 1 saturated carbocycles. The van der Waals surface area contributed by atoms with Crippen molar-refractivity contribution in [3.8, 4) is 5.75 Å². The number of rotatable bonds is 8. The fourth-order valence-electron chi connectivity index (χ4n) is 9.99. The topological polar surface area (TPSA) is 152 Å². The molecule has 4 aliphatic heterocycles. The highest BCUT2D eigenvalue weighted by atomic mass is 35.5. The zero-order valence-electron chi connectivity index (χ0n) is 35.1. The SMILES string of the molecule is Cn1nc(C2CCC(=O)NC2=O)c2cc(F)c(C3CCN(CC4CCN(c5ncc(Cl)c(Nc6cc7c8c(c(=O)n(C)c7cc6F)OCC(F)(F)C(C6CC6)N8)n5)CC4F)CC3)cc21. The van der Waals surface area contributed by atoms with Crippen molar-refractivity contribution in [2.24, 2.45) is 25.9 Å². The number of likely N-dealkylation sites (tertiary alicyclic amines) is 1. The zero-order valence-corrected chi connectivity index (χ0v) is 35.8. The number of anilines is 4. The summed E-state index contributed by atoms with van der Waals surface area (Å²) in [4.78, 5) is 50.4. The number of hydrogen-bond acceptors (Lipinski definition) is 11. The van der Waals surface area contributed by atoms with Gasteiger partial charge in [0.1, 0.15) is 22.8 Å². The van der Waals surface area contributed by atoms with E-state index in [1.54, 1.807) is 16.6 Å². The second kappa shape index (κ2) is 16.2. The number of carbonyl (C=O) groups excluding carboxylic acids is 2. The van der Waals surface area contributed by atoms with Crippen molar-refractivity contribution in [2.75, 3.05) is 54.9 Å². The van der Waals surface area contributed by atoms with Crippen LogP contribution in [0.4, 0.5) is 45.1 Å². The molecule has 64 heavy (non-hydrogen) atoms. The Balaban J connectivity index is 0.794. The molecule has 3 saturated heterocycles. The fraction of sp³-hybridized carbons (Fsp3) is 0.500. The summed E-state index contributed by atoms with van der Waals surface area (Å²) in [6, 6.07) is 4.54. The summed E-state index contributed by atoms with van der Waals surface area (Å²) in [7, 11) is 3.17. The second-order valence-electron chi connectivity index (χ2n) is 17.9. The minimum atomic E-state index is -3.25. The van der Waals surface area contributed by atoms with Gasteiger partial charge in [-0.3, -0.25) is 24.4 Å². The van der Waals surface area contributed by atoms with E-state index in [0.717, 1.165) is 10.6 Å². The first-order valence-electron chi connectivity index (χ1n) is 21.7. The average molecular weight is 909 g/mol. The Kier molecular flexibility index (Phi) is 10.7. The molecule has 7 heterocycles. The summed E-state index contributed by atoms with van der Waals surface area (Å²) in [6.07, 6.45) is 3.74. The van der Waals surface area contributed by atoms with Crippen LogP contribution in [0.5, 0.6) is 5.75 Å². The summed E-state index contributed by atoms with van der Waals surface area (Å²) < 4.78 is 86.1. The molecule has 5 aliphatic rings. The molecule has 2 amide bonds. The number of benzene rings is 2. The Morgan fingerprint density at radius 1 is 0.953 bits per heavy atom. The summed E-state index contributed by atoms with van der Waals surface area (Å²) >= 11 is 6.50. The summed E-state index contributed by atoms with van der Waals surface area (Å²) in [5.74, 6) is -6.40. The van der Waals surface area contributed by atoms with Crippen LogP contribution in [0.3, 0.4) is 0 Å². The summed E-state index contributed by atoms with van der Waals surface area (Å²) in [6.45, 7) is 1.36. The number of nitrogens with one attached hydrogen (secondary N) is 3. The average Bonchev–Trinajstić information content (AvgIpc) is 4.07. The molecule has 10 rings (SSSR count). The number of amides is 2. The fourth-order valence-corrected chi connectivity index (χ4v) is 10.1. The first-order valence-corrected chi connectivity index (χ1v) is 22.1. The van der Waals surface area contributed by atoms with E-state index in [1.807, 2.05) is 6.07 Å². The molecule has 20 heteroatoms. The summed E-state index contributed by atoms with van der Waals surface area (Å²) in [5.41, 5.74) is 1.22. The van der Waals surface area contributed by atoms with E-state index in [9.17, 15) is 14.4 Å². The number of nitrogens with zero attached hydrogens (tertiary/aromatic N) is 7. The van der Waals surface area contributed by atoms with Crippen LogP contribution < -0.4 is 31.1 Å². The maximum Gasteiger partial charge on any atom is 0.301 e. The molecule has 0 bridgehead atoms. The van der Waals surface area contributed by atoms with Gasteiger partial charge in [-0.05, 0) is 87.2 Å². The van der Waals surface area contributed by atoms with Gasteiger partial charge in [0.2, 0.25) is 23.5 Å². The Bertz CT molecular complexity index is 2780. The van der Waals surface area contributed by atoms with Crippen molar-refractivity contribution < 1.29 is 36.3 Å². The third-order valence-electron chi connectivity index (χ3n) is 13.7. The Morgan fingerprint density at radius 3 is 2.47 bits per heavy atom. The number of halogens is 6. The molecule has 4 atom stereocenters. The van der Waals surface area contributed by atoms with Crippen molar-refractivity contribution in [1.29, 1.82) is 0 Å². The van der Waals surface area contributed by atoms with Gasteiger partial charge in [-0.15, -0.1) is 0 Å². The smallest absolute Gasteiger partial charge is 0.301 e. The van der Waals surface area contributed by atoms with Gasteiger partial charge in [-0.1, -0.05) is 11.6 Å². The first kappa shape index (κ1) is 42.4. The van der Waals surface area contributed by atoms with Crippen LogP contribution in [-0.2, 0) is 23.7 Å². The van der Waals surface area contributed by atoms with Gasteiger partial charge in [-0.2, -0.15) is 10.1 Å². The number of piperidine rings is 3. The van der Waals surface area contributed by atoms with Gasteiger partial charge in [0, 0.05) is 56.4 Å². The van der Waals surface area contributed by atoms with Crippen molar-refractivity contribution in [3.05, 3.63) is 68.7 Å². The van der Waals surface area contributed by atoms with Crippen LogP contribution in [0.1, 0.15) is 68.0 Å². The lowest BCUT2D eigenvalue weighted by atomic mass is 9.86. The van der Waals surface area contributed by atoms with Crippen LogP contribution in [0.15, 0.2) is 35.3 Å². The largest absolute Gasteiger partial charge is 0.480 e. The molecular weight excluding hydrogens is 863 g/mol. The quantitative estimate of drug-likeness (QED) is 0.113. The predicted octanol–water partition coefficient (Wildman–Crippen LogP) is 6.67. The lowest BCUT2D eigenvalue weighted by Gasteiger charge is -2.39. The van der Waals surface area contributed by atoms with Crippen molar-refractivity contribution in [2.45, 2.75) is 74.9 Å². The van der Waals surface area contributed by atoms with E-state index in [4.69, 9.17) is 16.3 Å². The number of fused-ring (bicyclic) bond motifs is 4. The number of ether oxygens (including phenoxy) is 1. The van der Waals surface area contributed by atoms with Crippen LogP contribution in [0, 0.1) is 23.5 Å². The Labute approximate surface area is 368 Å². The summed E-state index contributed by atoms with van der Waals surface area (Å²) in [5, 5.41) is 13.6. The Morgan fingerprint density at radius 2 is 1.73 bits per heavy atom. The lowest BCUT2D eigenvalue weighted by Crippen LogP contribution is -2.47. The third kappa shape index (κ3) is 7.66. The molecule has 3 aromatic heterocycles. The van der Waals surface area contributed by atoms with Gasteiger partial charge in [0.15, 0.2) is 12.4 Å². The number of imide groups is 1. The van der Waals surface area contributed by atoms with E-state index < -0.39 is 47.9 Å². The number of hydrogen-bond donors (Lipinski definition) is 3. The molecule has 1 aliphatic carbocycles. The van der Waals surface area contributed by atoms with Gasteiger partial charge >= 0.3 is 5.92 Å². The first-order chi connectivity index (χ1) is 30.6. The number of pyridine rings is 1. The predicted molar refractivity (Wildman–Crippen MR) is 229 cm³/mol. The Hall–Kier alpha value is -5.56. The molecule has 5 aromatic rings. The van der Waals surface area contributed by atoms with Crippen LogP contribution in [0.25, 0.3) is 21.8 Å². The lowest BCUT2D eigenvalue weighted by molar-refractivity contribution is -0.134. The van der Waals surface area contributed by atoms with Crippen molar-refractivity contribution in [3.63, 3.8) is 0 Å². The van der Waals surface area contributed by atoms with Gasteiger partial charge in [0.05, 0.1) is 52.8 Å². The normalized spacial score (nSPS) is 24.3. The molecule has 14 nitrogen and oxygen atoms in total. The minimum Gasteiger partial charge on any atom is -0.480 e. The van der Waals surface area contributed by atoms with Crippen LogP contribution in [-0.4, -0.2) is 98.5 Å². The standard InChI is InChI=1S/C44H46ClF5N10O4/c1-57-33-16-30(47)32(14-27(33)37-38(42(57)63)64-20-44(49,50)39(54-37)22-3-4-22)52-40-28(45)17-51-43(55-40)60-12-9-23(31(48)19-60)18-59-10-7-21(8-11-59)25-15-34-26(13-29(25)46)36(56-58(34)2)24-5-6-35(61)53-41(24)62/h13-17,21-24,31,39,54H,3-12,18-20H2,1-2H3,(H,51,52,55)(H,53,61,62). The van der Waals surface area contributed by atoms with E-state index >= 15 is 22.0 Å². The maximum atomic E-state index is 16.0. The maximum absolute atomic E-state index is 16.0. The van der Waals surface area contributed by atoms with E-state index in [-0.39, 0.29) is 87.3 Å². The van der Waals surface area contributed by atoms with Crippen molar-refractivity contribution in [1.82, 2.24) is 34.5 Å². The number of aryl methyl sites for hydroxylation is 2. The number of alkyl halides is 3. The zero-order chi connectivity index (χ0) is 44.8. The van der Waals surface area contributed by atoms with Gasteiger partial charge in [0.25, 0.3) is 5.56 Å². The van der Waals surface area contributed by atoms with E-state index in [2.05, 4.69) is 35.9 Å². The van der Waals surface area contributed by atoms with E-state index in [0.29, 0.717) is 86.9 Å². The highest BCUT2D eigenvalue weighted by Crippen LogP contribution is 2.46. The van der Waals surface area contributed by atoms with E-state index in [1.165, 1.54) is 25.4 Å². The molecule has 4 unspecified atom stereocenters. The molecule has 338 valence electrons. The molecular formula is C44H46ClF5N10O4. The molecule has 2 aromatic carbocycles.